The van der Waals surface area contributed by atoms with Crippen LogP contribution in [0.3, 0.4) is 0 Å². The molecule has 3 aromatic rings. The van der Waals surface area contributed by atoms with E-state index in [1.165, 1.54) is 69.9 Å². The van der Waals surface area contributed by atoms with Crippen LogP contribution in [0, 0.1) is 0 Å². The number of amides is 4. The second-order valence-electron chi connectivity index (χ2n) is 16.3. The van der Waals surface area contributed by atoms with Crippen LogP contribution in [0.2, 0.25) is 0 Å². The zero-order chi connectivity index (χ0) is 47.1. The van der Waals surface area contributed by atoms with Crippen LogP contribution < -0.4 is 29.6 Å². The van der Waals surface area contributed by atoms with Gasteiger partial charge in [-0.15, -0.1) is 0 Å². The quantitative estimate of drug-likeness (QED) is 0.0461. The first-order valence-corrected chi connectivity index (χ1v) is 23.5. The predicted octanol–water partition coefficient (Wildman–Crippen LogP) is 7.59. The number of nitrogens with one attached hydrogen (secondary N) is 2. The number of aliphatic hydroxyl groups is 2. The maximum atomic E-state index is 13.9. The van der Waals surface area contributed by atoms with Crippen molar-refractivity contribution in [2.24, 2.45) is 0 Å². The number of hydrogen-bond acceptors (Lipinski definition) is 15. The third-order valence-corrected chi connectivity index (χ3v) is 12.3. The minimum atomic E-state index is -0.798. The van der Waals surface area contributed by atoms with E-state index in [0.717, 1.165) is 16.2 Å². The summed E-state index contributed by atoms with van der Waals surface area (Å²) in [5, 5.41) is 26.2. The second-order valence-corrected chi connectivity index (χ2v) is 18.7. The Labute approximate surface area is 387 Å². The lowest BCUT2D eigenvalue weighted by atomic mass is 10.1. The highest BCUT2D eigenvalue weighted by atomic mass is 33.1. The first-order valence-electron chi connectivity index (χ1n) is 21.2. The van der Waals surface area contributed by atoms with E-state index in [2.05, 4.69) is 28.8 Å². The number of likely N-dealkylation sites (tertiary alicyclic amines) is 2. The molecule has 1 aromatic heterocycles. The maximum Gasteiger partial charge on any atom is 0.412 e. The number of ether oxygens (including phenoxy) is 6. The molecule has 4 N–H and O–H groups in total. The number of hydrogen-bond donors (Lipinski definition) is 4. The van der Waals surface area contributed by atoms with Gasteiger partial charge >= 0.3 is 12.2 Å². The van der Waals surface area contributed by atoms with Crippen molar-refractivity contribution in [2.45, 2.75) is 75.6 Å². The van der Waals surface area contributed by atoms with Crippen molar-refractivity contribution >= 4 is 57.0 Å². The van der Waals surface area contributed by atoms with E-state index < -0.39 is 41.7 Å². The summed E-state index contributed by atoms with van der Waals surface area (Å²) in [6.07, 6.45) is 2.94. The van der Waals surface area contributed by atoms with Crippen LogP contribution in [-0.4, -0.2) is 133 Å². The molecular weight excluding hydrogens is 879 g/mol. The molecule has 2 fully saturated rings. The Hall–Kier alpha value is -5.63. The van der Waals surface area contributed by atoms with Crippen molar-refractivity contribution in [3.8, 4) is 23.0 Å². The molecule has 0 saturated carbocycles. The second kappa shape index (κ2) is 24.1. The van der Waals surface area contributed by atoms with Gasteiger partial charge in [0.15, 0.2) is 23.0 Å². The van der Waals surface area contributed by atoms with Crippen molar-refractivity contribution in [2.75, 3.05) is 76.7 Å². The summed E-state index contributed by atoms with van der Waals surface area (Å²) < 4.78 is 34.4. The number of aromatic nitrogens is 1. The Balaban J connectivity index is 1.22. The fourth-order valence-corrected chi connectivity index (χ4v) is 8.77. The number of carbonyl (C=O) groups is 4. The number of benzene rings is 2. The van der Waals surface area contributed by atoms with Gasteiger partial charge in [-0.25, -0.2) is 14.6 Å². The highest BCUT2D eigenvalue weighted by Gasteiger charge is 2.35. The summed E-state index contributed by atoms with van der Waals surface area (Å²) in [6, 6.07) is 10.7. The van der Waals surface area contributed by atoms with E-state index >= 15 is 0 Å². The normalized spacial score (nSPS) is 16.0. The summed E-state index contributed by atoms with van der Waals surface area (Å²) in [5.41, 5.74) is 1.38. The molecule has 0 spiro atoms. The van der Waals surface area contributed by atoms with Gasteiger partial charge in [-0.2, -0.15) is 0 Å². The zero-order valence-electron chi connectivity index (χ0n) is 37.5. The van der Waals surface area contributed by atoms with Crippen LogP contribution in [-0.2, 0) is 9.47 Å². The minimum absolute atomic E-state index is 0.102. The molecular formula is C46H59N5O12S2. The number of unbranched alkanes of at least 4 members (excludes halogenated alkanes) is 2. The zero-order valence-corrected chi connectivity index (χ0v) is 39.1. The Morgan fingerprint density at radius 2 is 1.28 bits per heavy atom. The van der Waals surface area contributed by atoms with Crippen LogP contribution in [0.15, 0.2) is 78.0 Å². The standard InChI is InChI=1S/C46H59N5O12S2/c1-29-19-31(27-52)50(25-29)42(54)33-21-37(58-6)39(23-35(33)48-44(56)62-17-18-64-65-41-13-9-10-14-47-41)60-15-11-8-12-16-61-40-24-36(49-45(57)63-46(3,4)5)34(22-38(40)59-7)43(55)51-26-30(2)20-32(51)28-53/h9-10,13-14,21-24,31-32,52-53H,1-2,8,11-12,15-20,25-28H2,3-7H3,(H,48,56)(H,49,57)/t31-,32-/m0/s1. The van der Waals surface area contributed by atoms with Crippen LogP contribution in [0.25, 0.3) is 0 Å². The predicted molar refractivity (Wildman–Crippen MR) is 250 cm³/mol. The molecule has 352 valence electrons. The minimum Gasteiger partial charge on any atom is -0.493 e. The first kappa shape index (κ1) is 50.4. The molecule has 0 unspecified atom stereocenters. The van der Waals surface area contributed by atoms with Gasteiger partial charge < -0.3 is 48.4 Å². The van der Waals surface area contributed by atoms with Gasteiger partial charge in [-0.1, -0.05) is 41.2 Å². The van der Waals surface area contributed by atoms with Crippen molar-refractivity contribution in [3.63, 3.8) is 0 Å². The van der Waals surface area contributed by atoms with Crippen LogP contribution in [0.1, 0.15) is 73.6 Å². The third kappa shape index (κ3) is 14.4. The molecule has 65 heavy (non-hydrogen) atoms. The molecule has 0 bridgehead atoms. The van der Waals surface area contributed by atoms with E-state index in [-0.39, 0.29) is 85.9 Å². The molecule has 2 aromatic carbocycles. The van der Waals surface area contributed by atoms with E-state index in [4.69, 9.17) is 28.4 Å². The number of carbonyl (C=O) groups excluding carboxylic acids is 4. The van der Waals surface area contributed by atoms with Gasteiger partial charge in [0.1, 0.15) is 17.2 Å². The molecule has 2 saturated heterocycles. The highest BCUT2D eigenvalue weighted by Crippen LogP contribution is 2.38. The first-order chi connectivity index (χ1) is 31.1. The molecule has 19 heteroatoms. The number of methoxy groups -OCH3 is 2. The van der Waals surface area contributed by atoms with E-state index in [1.807, 2.05) is 18.2 Å². The Kier molecular flexibility index (Phi) is 18.6. The van der Waals surface area contributed by atoms with Crippen molar-refractivity contribution in [3.05, 3.63) is 84.1 Å². The molecule has 4 amide bonds. The molecule has 2 aliphatic heterocycles. The summed E-state index contributed by atoms with van der Waals surface area (Å²) in [4.78, 5) is 61.0. The Morgan fingerprint density at radius 3 is 1.74 bits per heavy atom. The van der Waals surface area contributed by atoms with Gasteiger partial charge in [0, 0.05) is 37.2 Å². The fourth-order valence-electron chi connectivity index (χ4n) is 7.06. The fraction of sp³-hybridized carbons (Fsp3) is 0.457. The van der Waals surface area contributed by atoms with Gasteiger partial charge in [0.2, 0.25) is 0 Å². The monoisotopic (exact) mass is 937 g/mol. The lowest BCUT2D eigenvalue weighted by Gasteiger charge is -2.25. The van der Waals surface area contributed by atoms with Crippen LogP contribution in [0.5, 0.6) is 23.0 Å². The number of aliphatic hydroxyl groups excluding tert-OH is 2. The number of pyridine rings is 1. The van der Waals surface area contributed by atoms with Gasteiger partial charge in [0.25, 0.3) is 11.8 Å². The maximum absolute atomic E-state index is 13.9. The molecule has 17 nitrogen and oxygen atoms in total. The highest BCUT2D eigenvalue weighted by molar-refractivity contribution is 8.76. The summed E-state index contributed by atoms with van der Waals surface area (Å²) >= 11 is 0. The lowest BCUT2D eigenvalue weighted by Crippen LogP contribution is -2.38. The van der Waals surface area contributed by atoms with Gasteiger partial charge in [-0.3, -0.25) is 20.2 Å². The average Bonchev–Trinajstić information content (AvgIpc) is 3.86. The Bertz CT molecular complexity index is 2170. The Morgan fingerprint density at radius 1 is 0.754 bits per heavy atom. The van der Waals surface area contributed by atoms with E-state index in [1.54, 1.807) is 27.0 Å². The summed E-state index contributed by atoms with van der Waals surface area (Å²) in [6.45, 7) is 13.8. The topological polar surface area (TPSA) is 208 Å². The molecule has 5 rings (SSSR count). The lowest BCUT2D eigenvalue weighted by molar-refractivity contribution is 0.0634. The van der Waals surface area contributed by atoms with Crippen molar-refractivity contribution in [1.29, 1.82) is 0 Å². The summed E-state index contributed by atoms with van der Waals surface area (Å²) in [5.74, 6) is 0.760. The smallest absolute Gasteiger partial charge is 0.412 e. The van der Waals surface area contributed by atoms with Crippen molar-refractivity contribution < 1.29 is 57.8 Å². The number of nitrogens with zero attached hydrogens (tertiary/aromatic N) is 3. The summed E-state index contributed by atoms with van der Waals surface area (Å²) in [7, 11) is 5.85. The van der Waals surface area contributed by atoms with Crippen LogP contribution in [0.4, 0.5) is 21.0 Å². The number of rotatable bonds is 21. The van der Waals surface area contributed by atoms with Gasteiger partial charge in [-0.05, 0) is 87.9 Å². The SMILES string of the molecule is C=C1C[C@@H](CO)N(C(=O)c2cc(OC)c(OCCCCCOc3cc(NC(=O)OC(C)(C)C)c(C(=O)N4CC(=C)C[C@H]4CO)cc3OC)cc2NC(=O)OCCSSc2ccccn2)C1. The van der Waals surface area contributed by atoms with Crippen LogP contribution >= 0.6 is 21.6 Å². The molecule has 0 radical (unpaired) electrons. The average molecular weight is 938 g/mol. The van der Waals surface area contributed by atoms with E-state index in [9.17, 15) is 29.4 Å². The molecule has 2 aliphatic rings. The van der Waals surface area contributed by atoms with E-state index in [0.29, 0.717) is 43.6 Å². The largest absolute Gasteiger partial charge is 0.493 e. The number of anilines is 2. The third-order valence-electron chi connectivity index (χ3n) is 10.1. The van der Waals surface area contributed by atoms with Crippen molar-refractivity contribution in [1.82, 2.24) is 14.8 Å². The molecule has 3 heterocycles. The molecule has 2 atom stereocenters. The van der Waals surface area contributed by atoms with Gasteiger partial charge in [0.05, 0.1) is 75.2 Å². The molecule has 0 aliphatic carbocycles.